The van der Waals surface area contributed by atoms with Crippen molar-refractivity contribution in [2.45, 2.75) is 26.2 Å². The Labute approximate surface area is 111 Å². The molecular weight excluding hydrogens is 228 g/mol. The minimum absolute atomic E-state index is 0.678. The fourth-order valence-electron chi connectivity index (χ4n) is 1.57. The first-order chi connectivity index (χ1) is 8.67. The predicted molar refractivity (Wildman–Crippen MR) is 76.5 cm³/mol. The van der Waals surface area contributed by atoms with E-state index >= 15 is 0 Å². The van der Waals surface area contributed by atoms with Gasteiger partial charge in [0.15, 0.2) is 0 Å². The monoisotopic (exact) mass is 254 g/mol. The summed E-state index contributed by atoms with van der Waals surface area (Å²) in [5.41, 5.74) is 0. The number of rotatable bonds is 8. The maximum absolute atomic E-state index is 10.8. The van der Waals surface area contributed by atoms with Gasteiger partial charge in [-0.15, -0.1) is 0 Å². The number of carbonyl (C=O) groups is 1. The van der Waals surface area contributed by atoms with Gasteiger partial charge in [-0.2, -0.15) is 0 Å². The first-order valence-electron chi connectivity index (χ1n) is 6.40. The Morgan fingerprint density at radius 3 is 2.56 bits per heavy atom. The number of carbonyl (C=O) groups excluding carboxylic acids is 1. The van der Waals surface area contributed by atoms with Gasteiger partial charge in [0.05, 0.1) is 0 Å². The fraction of sp³-hybridized carbons (Fsp3) is 0.692. The Morgan fingerprint density at radius 1 is 1.28 bits per heavy atom. The molecule has 0 aromatic heterocycles. The Hall–Kier alpha value is -1.36. The molecule has 0 unspecified atom stereocenters. The summed E-state index contributed by atoms with van der Waals surface area (Å²) in [7, 11) is 5.64. The van der Waals surface area contributed by atoms with Gasteiger partial charge in [-0.1, -0.05) is 12.5 Å². The van der Waals surface area contributed by atoms with Gasteiger partial charge >= 0.3 is 0 Å². The maximum Gasteiger partial charge on any atom is 0.216 e. The number of nitrogens with zero attached hydrogens (tertiary/aromatic N) is 3. The first kappa shape index (κ1) is 16.6. The van der Waals surface area contributed by atoms with Gasteiger partial charge in [0.2, 0.25) is 12.4 Å². The quantitative estimate of drug-likeness (QED) is 0.307. The van der Waals surface area contributed by atoms with E-state index < -0.39 is 0 Å². The number of nitrogens with one attached hydrogen (secondary N) is 1. The van der Waals surface area contributed by atoms with Crippen molar-refractivity contribution in [3.05, 3.63) is 12.3 Å². The second kappa shape index (κ2) is 10.8. The van der Waals surface area contributed by atoms with E-state index in [-0.39, 0.29) is 0 Å². The lowest BCUT2D eigenvalue weighted by molar-refractivity contribution is -0.114. The van der Waals surface area contributed by atoms with E-state index in [1.165, 1.54) is 17.7 Å². The molecule has 0 aliphatic rings. The predicted octanol–water partition coefficient (Wildman–Crippen LogP) is 1.29. The number of guanidine groups is 1. The second-order valence-electron chi connectivity index (χ2n) is 4.21. The van der Waals surface area contributed by atoms with Gasteiger partial charge < -0.3 is 10.2 Å². The van der Waals surface area contributed by atoms with Crippen LogP contribution in [-0.2, 0) is 4.79 Å². The zero-order chi connectivity index (χ0) is 13.8. The molecule has 18 heavy (non-hydrogen) atoms. The highest BCUT2D eigenvalue weighted by Crippen LogP contribution is 2.00. The van der Waals surface area contributed by atoms with E-state index in [0.29, 0.717) is 5.96 Å². The number of unbranched alkanes of at least 4 members (excludes halogenated alkanes) is 2. The van der Waals surface area contributed by atoms with Crippen molar-refractivity contribution < 1.29 is 4.79 Å². The summed E-state index contributed by atoms with van der Waals surface area (Å²) in [5.74, 6) is 0.678. The number of hydrogen-bond acceptors (Lipinski definition) is 3. The smallest absolute Gasteiger partial charge is 0.216 e. The van der Waals surface area contributed by atoms with Gasteiger partial charge in [0, 0.05) is 26.8 Å². The highest BCUT2D eigenvalue weighted by Gasteiger charge is 2.10. The molecule has 0 radical (unpaired) electrons. The zero-order valence-electron chi connectivity index (χ0n) is 12.0. The third-order valence-corrected chi connectivity index (χ3v) is 2.57. The molecule has 104 valence electrons. The Morgan fingerprint density at radius 2 is 2.00 bits per heavy atom. The summed E-state index contributed by atoms with van der Waals surface area (Å²) in [5, 5.41) is 3.13. The van der Waals surface area contributed by atoms with Gasteiger partial charge in [0.25, 0.3) is 0 Å². The summed E-state index contributed by atoms with van der Waals surface area (Å²) in [6.45, 7) is 3.86. The molecule has 0 rings (SSSR count). The van der Waals surface area contributed by atoms with Crippen molar-refractivity contribution >= 4 is 12.4 Å². The lowest BCUT2D eigenvalue weighted by atomic mass is 10.2. The molecular formula is C13H26N4O. The van der Waals surface area contributed by atoms with Crippen LogP contribution in [0.15, 0.2) is 17.3 Å². The van der Waals surface area contributed by atoms with Crippen LogP contribution in [0.2, 0.25) is 0 Å². The molecule has 5 nitrogen and oxygen atoms in total. The maximum atomic E-state index is 10.8. The third-order valence-electron chi connectivity index (χ3n) is 2.57. The molecule has 5 heteroatoms. The molecule has 0 atom stereocenters. The molecule has 1 N–H and O–H groups in total. The standard InChI is InChI=1S/C13H26N4O/c1-5-9-15-13(17(4)12-18)16(3)11-8-6-7-10-14-2/h5,9,12,14H,6-8,10-11H2,1-4H3/b9-5+,15-13?. The van der Waals surface area contributed by atoms with E-state index in [4.69, 9.17) is 0 Å². The normalized spacial score (nSPS) is 11.9. The van der Waals surface area contributed by atoms with Crippen molar-refractivity contribution in [1.29, 1.82) is 0 Å². The van der Waals surface area contributed by atoms with Crippen LogP contribution in [0.1, 0.15) is 26.2 Å². The topological polar surface area (TPSA) is 47.9 Å². The number of amides is 1. The van der Waals surface area contributed by atoms with E-state index in [1.54, 1.807) is 13.2 Å². The second-order valence-corrected chi connectivity index (χ2v) is 4.21. The molecule has 0 saturated heterocycles. The first-order valence-corrected chi connectivity index (χ1v) is 6.40. The van der Waals surface area contributed by atoms with Crippen LogP contribution in [-0.4, -0.2) is 56.4 Å². The highest BCUT2D eigenvalue weighted by atomic mass is 16.1. The lowest BCUT2D eigenvalue weighted by Crippen LogP contribution is -2.39. The number of allylic oxidation sites excluding steroid dienone is 1. The highest BCUT2D eigenvalue weighted by molar-refractivity contribution is 5.88. The average Bonchev–Trinajstić information content (AvgIpc) is 2.38. The molecule has 0 saturated carbocycles. The van der Waals surface area contributed by atoms with Crippen molar-refractivity contribution in [3.8, 4) is 0 Å². The summed E-state index contributed by atoms with van der Waals surface area (Å²) < 4.78 is 0. The van der Waals surface area contributed by atoms with Gasteiger partial charge in [-0.05, 0) is 33.4 Å². The number of hydrogen-bond donors (Lipinski definition) is 1. The Bertz CT molecular complexity index is 276. The van der Waals surface area contributed by atoms with Crippen LogP contribution in [0.25, 0.3) is 0 Å². The largest absolute Gasteiger partial charge is 0.345 e. The van der Waals surface area contributed by atoms with E-state index in [0.717, 1.165) is 25.9 Å². The Balaban J connectivity index is 4.21. The number of aliphatic imine (C=N–C) groups is 1. The van der Waals surface area contributed by atoms with Gasteiger partial charge in [-0.25, -0.2) is 4.99 Å². The summed E-state index contributed by atoms with van der Waals surface area (Å²) in [4.78, 5) is 18.6. The SMILES string of the molecule is C/C=C/N=C(N(C)C=O)N(C)CCCCCNC. The molecule has 0 aliphatic carbocycles. The van der Waals surface area contributed by atoms with Crippen molar-refractivity contribution in [2.24, 2.45) is 4.99 Å². The minimum atomic E-state index is 0.678. The van der Waals surface area contributed by atoms with Crippen molar-refractivity contribution in [1.82, 2.24) is 15.1 Å². The molecule has 0 aromatic carbocycles. The summed E-state index contributed by atoms with van der Waals surface area (Å²) in [6, 6.07) is 0. The third kappa shape index (κ3) is 7.06. The van der Waals surface area contributed by atoms with E-state index in [2.05, 4.69) is 10.3 Å². The van der Waals surface area contributed by atoms with Crippen LogP contribution < -0.4 is 5.32 Å². The lowest BCUT2D eigenvalue weighted by Gasteiger charge is -2.25. The van der Waals surface area contributed by atoms with Crippen LogP contribution in [0.4, 0.5) is 0 Å². The molecule has 0 aromatic rings. The zero-order valence-corrected chi connectivity index (χ0v) is 12.0. The van der Waals surface area contributed by atoms with Gasteiger partial charge in [0.1, 0.15) is 0 Å². The minimum Gasteiger partial charge on any atom is -0.345 e. The van der Waals surface area contributed by atoms with Crippen molar-refractivity contribution in [2.75, 3.05) is 34.2 Å². The Kier molecular flexibility index (Phi) is 9.96. The van der Waals surface area contributed by atoms with Gasteiger partial charge in [-0.3, -0.25) is 9.69 Å². The molecule has 0 spiro atoms. The fourth-order valence-corrected chi connectivity index (χ4v) is 1.57. The van der Waals surface area contributed by atoms with Crippen LogP contribution in [0.5, 0.6) is 0 Å². The van der Waals surface area contributed by atoms with E-state index in [9.17, 15) is 4.79 Å². The van der Waals surface area contributed by atoms with E-state index in [1.807, 2.05) is 32.0 Å². The van der Waals surface area contributed by atoms with Crippen molar-refractivity contribution in [3.63, 3.8) is 0 Å². The van der Waals surface area contributed by atoms with Crippen LogP contribution in [0, 0.1) is 0 Å². The summed E-state index contributed by atoms with van der Waals surface area (Å²) >= 11 is 0. The molecule has 0 fully saturated rings. The van der Waals surface area contributed by atoms with Crippen LogP contribution >= 0.6 is 0 Å². The van der Waals surface area contributed by atoms with Crippen LogP contribution in [0.3, 0.4) is 0 Å². The summed E-state index contributed by atoms with van der Waals surface area (Å²) in [6.07, 6.45) is 7.77. The molecule has 0 bridgehead atoms. The average molecular weight is 254 g/mol. The molecule has 1 amide bonds. The molecule has 0 aliphatic heterocycles. The molecule has 0 heterocycles.